The lowest BCUT2D eigenvalue weighted by atomic mass is 10.3. The Morgan fingerprint density at radius 2 is 2.10 bits per heavy atom. The third-order valence-electron chi connectivity index (χ3n) is 2.52. The largest absolute Gasteiger partial charge is 0.402 e. The van der Waals surface area contributed by atoms with Gasteiger partial charge in [0.05, 0.1) is 6.54 Å². The predicted molar refractivity (Wildman–Crippen MR) is 74.2 cm³/mol. The van der Waals surface area contributed by atoms with Gasteiger partial charge < -0.3 is 4.57 Å². The van der Waals surface area contributed by atoms with Crippen LogP contribution in [0.5, 0.6) is 0 Å². The van der Waals surface area contributed by atoms with E-state index in [9.17, 15) is 13.6 Å². The van der Waals surface area contributed by atoms with Gasteiger partial charge in [0.25, 0.3) is 0 Å². The van der Waals surface area contributed by atoms with E-state index in [1.54, 1.807) is 36.7 Å². The van der Waals surface area contributed by atoms with Crippen LogP contribution in [0.25, 0.3) is 0 Å². The van der Waals surface area contributed by atoms with Crippen molar-refractivity contribution >= 4 is 29.1 Å². The Morgan fingerprint density at radius 1 is 1.33 bits per heavy atom. The third-order valence-corrected chi connectivity index (χ3v) is 2.90. The van der Waals surface area contributed by atoms with Gasteiger partial charge in [0.15, 0.2) is 0 Å². The first-order valence-corrected chi connectivity index (χ1v) is 6.53. The number of amides is 1. The molecule has 0 aliphatic carbocycles. The maximum Gasteiger partial charge on any atom is 0.402 e. The van der Waals surface area contributed by atoms with Gasteiger partial charge in [-0.2, -0.15) is 13.8 Å². The molecule has 2 heterocycles. The molecule has 1 amide bonds. The summed E-state index contributed by atoms with van der Waals surface area (Å²) in [6, 6.07) is 8.04. The summed E-state index contributed by atoms with van der Waals surface area (Å²) in [5.41, 5.74) is 0.843. The molecular formula is C13H9Cl2F2N3O. The van der Waals surface area contributed by atoms with E-state index >= 15 is 0 Å². The van der Waals surface area contributed by atoms with Crippen molar-refractivity contribution in [2.24, 2.45) is 4.99 Å². The van der Waals surface area contributed by atoms with Crippen LogP contribution < -0.4 is 5.49 Å². The number of aromatic nitrogens is 2. The van der Waals surface area contributed by atoms with E-state index in [1.807, 2.05) is 0 Å². The van der Waals surface area contributed by atoms with Crippen LogP contribution >= 0.6 is 23.2 Å². The molecule has 4 nitrogen and oxygen atoms in total. The van der Waals surface area contributed by atoms with Crippen LogP contribution in [0.2, 0.25) is 5.15 Å². The lowest BCUT2D eigenvalue weighted by Gasteiger charge is -2.08. The Labute approximate surface area is 128 Å². The zero-order valence-electron chi connectivity index (χ0n) is 10.5. The van der Waals surface area contributed by atoms with Gasteiger partial charge >= 0.3 is 11.3 Å². The van der Waals surface area contributed by atoms with Crippen molar-refractivity contribution in [1.29, 1.82) is 0 Å². The highest BCUT2D eigenvalue weighted by Gasteiger charge is 2.35. The van der Waals surface area contributed by atoms with Gasteiger partial charge in [0.2, 0.25) is 0 Å². The van der Waals surface area contributed by atoms with Crippen molar-refractivity contribution in [3.63, 3.8) is 0 Å². The summed E-state index contributed by atoms with van der Waals surface area (Å²) in [6.45, 7) is 0.297. The zero-order valence-corrected chi connectivity index (χ0v) is 12.0. The molecule has 0 aromatic carbocycles. The summed E-state index contributed by atoms with van der Waals surface area (Å²) < 4.78 is 26.9. The zero-order chi connectivity index (χ0) is 15.5. The quantitative estimate of drug-likeness (QED) is 0.641. The van der Waals surface area contributed by atoms with E-state index in [1.165, 1.54) is 10.6 Å². The number of halogens is 4. The second-order valence-corrected chi connectivity index (χ2v) is 4.95. The molecule has 0 aliphatic heterocycles. The monoisotopic (exact) mass is 331 g/mol. The molecule has 0 N–H and O–H groups in total. The number of pyridine rings is 2. The molecule has 0 unspecified atom stereocenters. The minimum atomic E-state index is -4.02. The maximum absolute atomic E-state index is 12.7. The van der Waals surface area contributed by atoms with Crippen molar-refractivity contribution in [3.05, 3.63) is 58.9 Å². The van der Waals surface area contributed by atoms with E-state index in [0.29, 0.717) is 11.7 Å². The Balaban J connectivity index is 2.35. The fourth-order valence-electron chi connectivity index (χ4n) is 1.57. The van der Waals surface area contributed by atoms with Crippen LogP contribution in [0.1, 0.15) is 5.56 Å². The third kappa shape index (κ3) is 4.34. The maximum atomic E-state index is 12.7. The Morgan fingerprint density at radius 3 is 2.71 bits per heavy atom. The molecule has 0 aliphatic rings. The van der Waals surface area contributed by atoms with Crippen LogP contribution in [0.3, 0.4) is 0 Å². The van der Waals surface area contributed by atoms with Crippen molar-refractivity contribution in [3.8, 4) is 0 Å². The van der Waals surface area contributed by atoms with Crippen molar-refractivity contribution < 1.29 is 13.6 Å². The molecule has 0 saturated carbocycles. The SMILES string of the molecule is O=C(N=c1ccccn1Cc1ccc(Cl)nc1)C(F)(F)Cl. The van der Waals surface area contributed by atoms with E-state index in [4.69, 9.17) is 11.6 Å². The Bertz CT molecular complexity index is 708. The topological polar surface area (TPSA) is 47.2 Å². The fraction of sp³-hybridized carbons (Fsp3) is 0.154. The molecule has 0 saturated heterocycles. The summed E-state index contributed by atoms with van der Waals surface area (Å²) in [6.07, 6.45) is 3.15. The van der Waals surface area contributed by atoms with E-state index in [2.05, 4.69) is 21.6 Å². The highest BCUT2D eigenvalue weighted by Crippen LogP contribution is 2.19. The van der Waals surface area contributed by atoms with Gasteiger partial charge in [-0.25, -0.2) is 4.98 Å². The highest BCUT2D eigenvalue weighted by molar-refractivity contribution is 6.32. The average Bonchev–Trinajstić information content (AvgIpc) is 2.42. The lowest BCUT2D eigenvalue weighted by molar-refractivity contribution is -0.132. The number of carbonyl (C=O) groups excluding carboxylic acids is 1. The molecule has 0 atom stereocenters. The number of hydrogen-bond acceptors (Lipinski definition) is 2. The van der Waals surface area contributed by atoms with Crippen molar-refractivity contribution in [1.82, 2.24) is 9.55 Å². The van der Waals surface area contributed by atoms with Gasteiger partial charge in [0.1, 0.15) is 10.6 Å². The molecule has 2 aromatic heterocycles. The van der Waals surface area contributed by atoms with Gasteiger partial charge in [-0.3, -0.25) is 4.79 Å². The number of rotatable bonds is 3. The smallest absolute Gasteiger partial charge is 0.328 e. The molecule has 21 heavy (non-hydrogen) atoms. The average molecular weight is 332 g/mol. The van der Waals surface area contributed by atoms with Gasteiger partial charge in [-0.1, -0.05) is 23.7 Å². The predicted octanol–water partition coefficient (Wildman–Crippen LogP) is 2.84. The molecule has 0 fully saturated rings. The normalized spacial score (nSPS) is 12.5. The van der Waals surface area contributed by atoms with Crippen LogP contribution in [-0.4, -0.2) is 20.8 Å². The number of hydrogen-bond donors (Lipinski definition) is 0. The van der Waals surface area contributed by atoms with Crippen LogP contribution in [0.4, 0.5) is 8.78 Å². The summed E-state index contributed by atoms with van der Waals surface area (Å²) in [5, 5.41) is -3.67. The van der Waals surface area contributed by atoms with Gasteiger partial charge in [0, 0.05) is 12.4 Å². The standard InChI is InChI=1S/C13H9Cl2F2N3O/c14-10-5-4-9(7-18-10)8-20-6-2-1-3-11(20)19-12(21)13(15,16)17/h1-7H,8H2. The molecule has 110 valence electrons. The number of alkyl halides is 3. The first-order valence-electron chi connectivity index (χ1n) is 5.78. The molecule has 0 radical (unpaired) electrons. The van der Waals surface area contributed by atoms with Crippen molar-refractivity contribution in [2.45, 2.75) is 11.9 Å². The molecule has 2 aromatic rings. The Hall–Kier alpha value is -1.79. The summed E-state index contributed by atoms with van der Waals surface area (Å²) in [5.74, 6) is -1.71. The molecule has 0 spiro atoms. The van der Waals surface area contributed by atoms with E-state index in [-0.39, 0.29) is 5.49 Å². The van der Waals surface area contributed by atoms with Gasteiger partial charge in [-0.15, -0.1) is 0 Å². The van der Waals surface area contributed by atoms with E-state index < -0.39 is 11.3 Å². The number of carbonyl (C=O) groups is 1. The summed E-state index contributed by atoms with van der Waals surface area (Å²) in [7, 11) is 0. The minimum Gasteiger partial charge on any atom is -0.328 e. The highest BCUT2D eigenvalue weighted by atomic mass is 35.5. The molecule has 2 rings (SSSR count). The summed E-state index contributed by atoms with van der Waals surface area (Å²) >= 11 is 10.3. The molecule has 0 bridgehead atoms. The van der Waals surface area contributed by atoms with Crippen molar-refractivity contribution in [2.75, 3.05) is 0 Å². The first kappa shape index (κ1) is 15.6. The van der Waals surface area contributed by atoms with E-state index in [0.717, 1.165) is 5.56 Å². The van der Waals surface area contributed by atoms with Crippen LogP contribution in [-0.2, 0) is 11.3 Å². The fourth-order valence-corrected chi connectivity index (χ4v) is 1.72. The minimum absolute atomic E-state index is 0.0674. The summed E-state index contributed by atoms with van der Waals surface area (Å²) in [4.78, 5) is 18.4. The van der Waals surface area contributed by atoms with Gasteiger partial charge in [-0.05, 0) is 35.4 Å². The lowest BCUT2D eigenvalue weighted by Crippen LogP contribution is -2.27. The molecular weight excluding hydrogens is 323 g/mol. The van der Waals surface area contributed by atoms with Crippen LogP contribution in [0, 0.1) is 0 Å². The second-order valence-electron chi connectivity index (χ2n) is 4.09. The number of nitrogens with zero attached hydrogens (tertiary/aromatic N) is 3. The first-order chi connectivity index (χ1) is 9.86. The van der Waals surface area contributed by atoms with Crippen LogP contribution in [0.15, 0.2) is 47.7 Å². The molecule has 8 heteroatoms. The second kappa shape index (κ2) is 6.32. The Kier molecular flexibility index (Phi) is 4.69.